The zero-order chi connectivity index (χ0) is 50.5. The highest BCUT2D eigenvalue weighted by Crippen LogP contribution is 2.14. The first-order valence-corrected chi connectivity index (χ1v) is 21.5. The molecule has 0 saturated heterocycles. The van der Waals surface area contributed by atoms with E-state index in [9.17, 15) is 68.7 Å². The van der Waals surface area contributed by atoms with E-state index in [0.29, 0.717) is 11.3 Å². The maximum Gasteiger partial charge on any atom is 0.328 e. The van der Waals surface area contributed by atoms with Crippen LogP contribution in [0.2, 0.25) is 0 Å². The highest BCUT2D eigenvalue weighted by atomic mass is 16.4. The summed E-state index contributed by atoms with van der Waals surface area (Å²) in [6.45, 7) is 5.89. The molecule has 8 amide bonds. The predicted molar refractivity (Wildman–Crippen MR) is 236 cm³/mol. The Morgan fingerprint density at radius 2 is 1.06 bits per heavy atom. The normalized spacial score (nSPS) is 15.3. The van der Waals surface area contributed by atoms with Gasteiger partial charge >= 0.3 is 5.97 Å². The van der Waals surface area contributed by atoms with Crippen LogP contribution in [0.5, 0.6) is 5.75 Å². The molecule has 25 heteroatoms. The first-order chi connectivity index (χ1) is 31.4. The number of hydrogen-bond donors (Lipinski definition) is 15. The lowest BCUT2D eigenvalue weighted by Crippen LogP contribution is -2.61. The molecule has 1 aromatic carbocycles. The number of aromatic hydroxyl groups is 1. The van der Waals surface area contributed by atoms with Gasteiger partial charge in [-0.3, -0.25) is 38.4 Å². The lowest BCUT2D eigenvalue weighted by atomic mass is 10.00. The van der Waals surface area contributed by atoms with Gasteiger partial charge in [-0.2, -0.15) is 0 Å². The molecule has 1 aromatic heterocycles. The number of aliphatic hydroxyl groups is 3. The van der Waals surface area contributed by atoms with E-state index in [-0.39, 0.29) is 56.1 Å². The molecular weight excluding hydrogens is 883 g/mol. The number of aromatic nitrogens is 2. The fourth-order valence-electron chi connectivity index (χ4n) is 6.44. The third kappa shape index (κ3) is 19.7. The highest BCUT2D eigenvalue weighted by Gasteiger charge is 2.35. The number of carbonyl (C=O) groups excluding carboxylic acids is 8. The summed E-state index contributed by atoms with van der Waals surface area (Å²) < 4.78 is 0. The molecule has 0 bridgehead atoms. The first kappa shape index (κ1) is 56.4. The quantitative estimate of drug-likeness (QED) is 0.0365. The number of aliphatic carboxylic acids is 1. The summed E-state index contributed by atoms with van der Waals surface area (Å²) >= 11 is 0. The fraction of sp³-hybridized carbons (Fsp3) is 0.571. The van der Waals surface area contributed by atoms with Crippen molar-refractivity contribution in [2.45, 2.75) is 128 Å². The van der Waals surface area contributed by atoms with Crippen LogP contribution in [0.1, 0.15) is 71.6 Å². The Hall–Kier alpha value is -6.70. The Kier molecular flexibility index (Phi) is 23.3. The zero-order valence-electron chi connectivity index (χ0n) is 38.0. The van der Waals surface area contributed by atoms with Crippen LogP contribution in [0.3, 0.4) is 0 Å². The molecule has 372 valence electrons. The van der Waals surface area contributed by atoms with E-state index in [1.165, 1.54) is 36.8 Å². The van der Waals surface area contributed by atoms with Gasteiger partial charge in [0.25, 0.3) is 0 Å². The molecule has 0 aliphatic rings. The van der Waals surface area contributed by atoms with Gasteiger partial charge in [0.2, 0.25) is 47.3 Å². The Labute approximate surface area is 386 Å². The Balaban J connectivity index is 2.32. The molecule has 17 N–H and O–H groups in total. The maximum absolute atomic E-state index is 14.1. The third-order valence-electron chi connectivity index (χ3n) is 10.0. The topological polar surface area (TPSA) is 420 Å². The van der Waals surface area contributed by atoms with Crippen LogP contribution >= 0.6 is 0 Å². The lowest BCUT2D eigenvalue weighted by molar-refractivity contribution is -0.145. The van der Waals surface area contributed by atoms with Gasteiger partial charge in [0.15, 0.2) is 6.04 Å². The molecule has 9 atom stereocenters. The summed E-state index contributed by atoms with van der Waals surface area (Å²) in [4.78, 5) is 124. The second kappa shape index (κ2) is 27.7. The van der Waals surface area contributed by atoms with Gasteiger partial charge in [-0.05, 0) is 55.7 Å². The number of hydrogen-bond acceptors (Lipinski definition) is 15. The lowest BCUT2D eigenvalue weighted by Gasteiger charge is -2.28. The number of carbonyl (C=O) groups is 9. The van der Waals surface area contributed by atoms with Gasteiger partial charge in [0.1, 0.15) is 42.0 Å². The number of H-pyrrole nitrogens is 1. The molecule has 25 nitrogen and oxygen atoms in total. The van der Waals surface area contributed by atoms with Crippen molar-refractivity contribution in [2.75, 3.05) is 13.2 Å². The summed E-state index contributed by atoms with van der Waals surface area (Å²) in [6, 6.07) is -6.52. The van der Waals surface area contributed by atoms with Crippen molar-refractivity contribution in [1.82, 2.24) is 47.2 Å². The van der Waals surface area contributed by atoms with Gasteiger partial charge < -0.3 is 79.2 Å². The van der Waals surface area contributed by atoms with Crippen molar-refractivity contribution in [1.29, 1.82) is 0 Å². The van der Waals surface area contributed by atoms with Gasteiger partial charge in [0.05, 0.1) is 31.7 Å². The number of aliphatic hydroxyl groups excluding tert-OH is 3. The summed E-state index contributed by atoms with van der Waals surface area (Å²) in [5.74, 6) is -9.81. The summed E-state index contributed by atoms with van der Waals surface area (Å²) in [5.41, 5.74) is 12.4. The number of carboxylic acids is 1. The first-order valence-electron chi connectivity index (χ1n) is 21.5. The maximum atomic E-state index is 14.1. The monoisotopic (exact) mass is 947 g/mol. The number of aromatic amines is 1. The summed E-state index contributed by atoms with van der Waals surface area (Å²) in [7, 11) is 0. The van der Waals surface area contributed by atoms with Crippen LogP contribution in [0.25, 0.3) is 0 Å². The summed E-state index contributed by atoms with van der Waals surface area (Å²) in [6.07, 6.45) is 0.409. The average molecular weight is 948 g/mol. The average Bonchev–Trinajstić information content (AvgIpc) is 3.77. The molecule has 0 radical (unpaired) electrons. The minimum absolute atomic E-state index is 0.0143. The van der Waals surface area contributed by atoms with Crippen LogP contribution in [0.15, 0.2) is 36.8 Å². The van der Waals surface area contributed by atoms with Crippen molar-refractivity contribution in [3.63, 3.8) is 0 Å². The molecule has 0 unspecified atom stereocenters. The molecular formula is C42H65N11O14. The Bertz CT molecular complexity index is 1980. The van der Waals surface area contributed by atoms with E-state index >= 15 is 0 Å². The minimum atomic E-state index is -1.78. The van der Waals surface area contributed by atoms with E-state index < -0.39 is 121 Å². The zero-order valence-corrected chi connectivity index (χ0v) is 38.0. The van der Waals surface area contributed by atoms with Gasteiger partial charge in [-0.15, -0.1) is 0 Å². The largest absolute Gasteiger partial charge is 0.508 e. The van der Waals surface area contributed by atoms with Crippen molar-refractivity contribution in [3.05, 3.63) is 48.0 Å². The number of primary amides is 1. The van der Waals surface area contributed by atoms with E-state index in [2.05, 4.69) is 47.2 Å². The number of imidazole rings is 1. The number of nitrogens with two attached hydrogens (primary N) is 2. The standard InChI is InChI=1S/C42H65N11O14/c1-20(2)12-28(37(61)51-32(18-55)41(65)52-31(17-54)40(64)49-29(13-21(3)4)39(63)53-34(22(5)56)42(66)67)48-38(62)30(14-23-6-8-25(57)9-7-23)50-36(60)27(10-11-33(44)58)47-35(59)26(43)15-24-16-45-19-46-24/h6-9,16,19-22,26-32,34,54-57H,10-15,17-18,43H2,1-5H3,(H2,44,58)(H,45,46)(H,47,59)(H,48,62)(H,49,64)(H,50,60)(H,51,61)(H,52,65)(H,53,63)(H,66,67)/t22-,26+,27+,28+,29+,30+,31+,32+,34+/m1/s1. The van der Waals surface area contributed by atoms with Crippen molar-refractivity contribution in [2.24, 2.45) is 23.3 Å². The molecule has 0 aliphatic heterocycles. The number of phenolic OH excluding ortho intramolecular Hbond substituents is 1. The van der Waals surface area contributed by atoms with Crippen molar-refractivity contribution >= 4 is 53.2 Å². The van der Waals surface area contributed by atoms with Gasteiger partial charge in [0, 0.05) is 31.2 Å². The SMILES string of the molecule is CC(C)C[C@H](NC(=O)[C@H](Cc1ccc(O)cc1)NC(=O)[C@H](CCC(N)=O)NC(=O)[C@@H](N)Cc1cnc[nH]1)C(=O)N[C@@H](CO)C(=O)N[C@@H](CO)C(=O)N[C@@H](CC(C)C)C(=O)N[C@H](C(=O)O)[C@@H](C)O. The number of rotatable bonds is 29. The van der Waals surface area contributed by atoms with E-state index in [1.54, 1.807) is 27.7 Å². The van der Waals surface area contributed by atoms with Crippen LogP contribution in [-0.2, 0) is 56.0 Å². The van der Waals surface area contributed by atoms with Gasteiger partial charge in [-0.1, -0.05) is 39.8 Å². The molecule has 0 saturated carbocycles. The predicted octanol–water partition coefficient (Wildman–Crippen LogP) is -4.57. The minimum Gasteiger partial charge on any atom is -0.508 e. The van der Waals surface area contributed by atoms with E-state index in [4.69, 9.17) is 11.5 Å². The van der Waals surface area contributed by atoms with Crippen LogP contribution < -0.4 is 48.7 Å². The Morgan fingerprint density at radius 3 is 1.49 bits per heavy atom. The van der Waals surface area contributed by atoms with Crippen molar-refractivity contribution in [3.8, 4) is 5.75 Å². The number of benzene rings is 1. The fourth-order valence-corrected chi connectivity index (χ4v) is 6.44. The molecule has 0 fully saturated rings. The number of phenols is 1. The molecule has 2 rings (SSSR count). The Morgan fingerprint density at radius 1 is 0.627 bits per heavy atom. The van der Waals surface area contributed by atoms with E-state index in [1.807, 2.05) is 0 Å². The summed E-state index contributed by atoms with van der Waals surface area (Å²) in [5, 5.41) is 65.9. The smallest absolute Gasteiger partial charge is 0.328 e. The highest BCUT2D eigenvalue weighted by molar-refractivity contribution is 5.98. The van der Waals surface area contributed by atoms with Gasteiger partial charge in [-0.25, -0.2) is 9.78 Å². The molecule has 0 spiro atoms. The second-order valence-corrected chi connectivity index (χ2v) is 16.8. The number of carboxylic acid groups (broad SMARTS) is 1. The number of nitrogens with zero attached hydrogens (tertiary/aromatic N) is 1. The number of nitrogens with one attached hydrogen (secondary N) is 8. The second-order valence-electron chi connectivity index (χ2n) is 16.8. The van der Waals surface area contributed by atoms with Crippen LogP contribution in [0.4, 0.5) is 0 Å². The molecule has 1 heterocycles. The van der Waals surface area contributed by atoms with Crippen LogP contribution in [-0.4, -0.2) is 156 Å². The molecule has 67 heavy (non-hydrogen) atoms. The molecule has 0 aliphatic carbocycles. The van der Waals surface area contributed by atoms with E-state index in [0.717, 1.165) is 6.92 Å². The number of amides is 8. The molecule has 2 aromatic rings. The van der Waals surface area contributed by atoms with Crippen molar-refractivity contribution < 1.29 is 68.7 Å². The van der Waals surface area contributed by atoms with Crippen LogP contribution in [0, 0.1) is 11.8 Å². The third-order valence-corrected chi connectivity index (χ3v) is 10.0.